The van der Waals surface area contributed by atoms with Gasteiger partial charge in [0.15, 0.2) is 9.84 Å². The Bertz CT molecular complexity index is 793. The largest absolute Gasteiger partial charge is 0.351 e. The Labute approximate surface area is 140 Å². The Morgan fingerprint density at radius 3 is 2.43 bits per heavy atom. The van der Waals surface area contributed by atoms with E-state index in [-0.39, 0.29) is 17.2 Å². The molecule has 0 radical (unpaired) electrons. The fourth-order valence-corrected chi connectivity index (χ4v) is 3.66. The van der Waals surface area contributed by atoms with E-state index in [1.54, 1.807) is 23.5 Å². The standard InChI is InChI=1S/C16H20N2O3S2/c1-4-16-18-11(2)14(22-16)10-17-15(19)9-12-5-7-13(8-6-12)23(3,20)21/h5-8H,4,9-10H2,1-3H3,(H,17,19). The zero-order valence-corrected chi connectivity index (χ0v) is 15.1. The van der Waals surface area contributed by atoms with Crippen molar-refractivity contribution >= 4 is 27.1 Å². The Morgan fingerprint density at radius 2 is 1.91 bits per heavy atom. The van der Waals surface area contributed by atoms with Crippen LogP contribution in [-0.4, -0.2) is 25.6 Å². The van der Waals surface area contributed by atoms with Gasteiger partial charge in [-0.2, -0.15) is 0 Å². The van der Waals surface area contributed by atoms with E-state index in [1.807, 2.05) is 6.92 Å². The lowest BCUT2D eigenvalue weighted by atomic mass is 10.1. The molecule has 5 nitrogen and oxygen atoms in total. The smallest absolute Gasteiger partial charge is 0.224 e. The molecule has 0 atom stereocenters. The zero-order valence-electron chi connectivity index (χ0n) is 13.4. The number of hydrogen-bond acceptors (Lipinski definition) is 5. The molecule has 1 N–H and O–H groups in total. The second-order valence-electron chi connectivity index (χ2n) is 5.34. The van der Waals surface area contributed by atoms with Crippen molar-refractivity contribution in [3.63, 3.8) is 0 Å². The molecule has 0 saturated heterocycles. The third kappa shape index (κ3) is 4.87. The lowest BCUT2D eigenvalue weighted by Gasteiger charge is -2.05. The first-order valence-corrected chi connectivity index (χ1v) is 10.0. The molecule has 1 heterocycles. The van der Waals surface area contributed by atoms with E-state index < -0.39 is 9.84 Å². The third-order valence-corrected chi connectivity index (χ3v) is 5.83. The summed E-state index contributed by atoms with van der Waals surface area (Å²) in [6.07, 6.45) is 2.28. The molecule has 1 amide bonds. The number of nitrogens with zero attached hydrogens (tertiary/aromatic N) is 1. The van der Waals surface area contributed by atoms with E-state index in [4.69, 9.17) is 0 Å². The molecule has 0 bridgehead atoms. The molecule has 1 aromatic heterocycles. The molecule has 0 aliphatic rings. The van der Waals surface area contributed by atoms with Gasteiger partial charge in [-0.15, -0.1) is 11.3 Å². The van der Waals surface area contributed by atoms with Crippen LogP contribution in [0, 0.1) is 6.92 Å². The van der Waals surface area contributed by atoms with Crippen LogP contribution in [0.2, 0.25) is 0 Å². The highest BCUT2D eigenvalue weighted by molar-refractivity contribution is 7.90. The Kier molecular flexibility index (Phi) is 5.54. The summed E-state index contributed by atoms with van der Waals surface area (Å²) in [5.41, 5.74) is 1.75. The Balaban J connectivity index is 1.93. The van der Waals surface area contributed by atoms with Gasteiger partial charge in [-0.25, -0.2) is 13.4 Å². The second-order valence-corrected chi connectivity index (χ2v) is 8.52. The van der Waals surface area contributed by atoms with Crippen molar-refractivity contribution in [3.05, 3.63) is 45.4 Å². The second kappa shape index (κ2) is 7.23. The average molecular weight is 352 g/mol. The maximum absolute atomic E-state index is 12.0. The van der Waals surface area contributed by atoms with Crippen LogP contribution in [0.15, 0.2) is 29.2 Å². The van der Waals surface area contributed by atoms with Crippen LogP contribution in [0.25, 0.3) is 0 Å². The van der Waals surface area contributed by atoms with E-state index in [2.05, 4.69) is 17.2 Å². The van der Waals surface area contributed by atoms with Crippen LogP contribution in [0.1, 0.15) is 28.1 Å². The van der Waals surface area contributed by atoms with Crippen LogP contribution in [0.3, 0.4) is 0 Å². The first kappa shape index (κ1) is 17.6. The molecule has 7 heteroatoms. The minimum Gasteiger partial charge on any atom is -0.351 e. The number of carbonyl (C=O) groups excluding carboxylic acids is 1. The quantitative estimate of drug-likeness (QED) is 0.865. The van der Waals surface area contributed by atoms with Gasteiger partial charge in [-0.3, -0.25) is 4.79 Å². The molecule has 0 fully saturated rings. The lowest BCUT2D eigenvalue weighted by molar-refractivity contribution is -0.120. The lowest BCUT2D eigenvalue weighted by Crippen LogP contribution is -2.24. The fraction of sp³-hybridized carbons (Fsp3) is 0.375. The summed E-state index contributed by atoms with van der Waals surface area (Å²) in [6, 6.07) is 6.39. The molecule has 2 rings (SSSR count). The van der Waals surface area contributed by atoms with E-state index in [9.17, 15) is 13.2 Å². The van der Waals surface area contributed by atoms with E-state index in [0.29, 0.717) is 6.54 Å². The molecule has 0 spiro atoms. The fourth-order valence-electron chi connectivity index (χ4n) is 2.08. The molecular formula is C16H20N2O3S2. The molecule has 0 unspecified atom stereocenters. The van der Waals surface area contributed by atoms with E-state index >= 15 is 0 Å². The maximum atomic E-state index is 12.0. The van der Waals surface area contributed by atoms with Gasteiger partial charge in [0, 0.05) is 11.1 Å². The highest BCUT2D eigenvalue weighted by Gasteiger charge is 2.10. The zero-order chi connectivity index (χ0) is 17.0. The van der Waals surface area contributed by atoms with Crippen LogP contribution < -0.4 is 5.32 Å². The van der Waals surface area contributed by atoms with Crippen LogP contribution >= 0.6 is 11.3 Å². The molecule has 2 aromatic rings. The molecule has 23 heavy (non-hydrogen) atoms. The summed E-state index contributed by atoms with van der Waals surface area (Å²) in [5, 5.41) is 3.96. The van der Waals surface area contributed by atoms with Crippen molar-refractivity contribution in [2.75, 3.05) is 6.26 Å². The van der Waals surface area contributed by atoms with E-state index in [0.717, 1.165) is 33.8 Å². The molecule has 0 aliphatic carbocycles. The highest BCUT2D eigenvalue weighted by atomic mass is 32.2. The third-order valence-electron chi connectivity index (χ3n) is 3.40. The molecule has 1 aromatic carbocycles. The van der Waals surface area contributed by atoms with Gasteiger partial charge in [0.05, 0.1) is 28.6 Å². The summed E-state index contributed by atoms with van der Waals surface area (Å²) in [4.78, 5) is 17.8. The number of nitrogens with one attached hydrogen (secondary N) is 1. The first-order chi connectivity index (χ1) is 10.8. The van der Waals surface area contributed by atoms with Crippen LogP contribution in [-0.2, 0) is 34.0 Å². The van der Waals surface area contributed by atoms with Gasteiger partial charge in [0.25, 0.3) is 0 Å². The number of thiazole rings is 1. The Morgan fingerprint density at radius 1 is 1.26 bits per heavy atom. The number of sulfone groups is 1. The molecule has 0 saturated carbocycles. The van der Waals surface area contributed by atoms with Gasteiger partial charge >= 0.3 is 0 Å². The summed E-state index contributed by atoms with van der Waals surface area (Å²) >= 11 is 1.62. The SMILES string of the molecule is CCc1nc(C)c(CNC(=O)Cc2ccc(S(C)(=O)=O)cc2)s1. The van der Waals surface area contributed by atoms with Crippen molar-refractivity contribution in [2.24, 2.45) is 0 Å². The summed E-state index contributed by atoms with van der Waals surface area (Å²) < 4.78 is 22.8. The van der Waals surface area contributed by atoms with Crippen LogP contribution in [0.5, 0.6) is 0 Å². The number of carbonyl (C=O) groups is 1. The van der Waals surface area contributed by atoms with Gasteiger partial charge in [-0.1, -0.05) is 19.1 Å². The topological polar surface area (TPSA) is 76.1 Å². The summed E-state index contributed by atoms with van der Waals surface area (Å²) in [7, 11) is -3.21. The molecular weight excluding hydrogens is 332 g/mol. The number of benzene rings is 1. The molecule has 0 aliphatic heterocycles. The van der Waals surface area contributed by atoms with Crippen molar-refractivity contribution in [1.82, 2.24) is 10.3 Å². The van der Waals surface area contributed by atoms with Crippen LogP contribution in [0.4, 0.5) is 0 Å². The van der Waals surface area contributed by atoms with Crippen molar-refractivity contribution in [1.29, 1.82) is 0 Å². The van der Waals surface area contributed by atoms with E-state index in [1.165, 1.54) is 12.1 Å². The summed E-state index contributed by atoms with van der Waals surface area (Å²) in [5.74, 6) is -0.0945. The number of hydrogen-bond donors (Lipinski definition) is 1. The Hall–Kier alpha value is -1.73. The highest BCUT2D eigenvalue weighted by Crippen LogP contribution is 2.18. The minimum absolute atomic E-state index is 0.0945. The summed E-state index contributed by atoms with van der Waals surface area (Å²) in [6.45, 7) is 4.48. The van der Waals surface area contributed by atoms with Gasteiger partial charge in [0.2, 0.25) is 5.91 Å². The normalized spacial score (nSPS) is 11.4. The minimum atomic E-state index is -3.21. The predicted molar refractivity (Wildman–Crippen MR) is 91.3 cm³/mol. The van der Waals surface area contributed by atoms with Gasteiger partial charge in [-0.05, 0) is 31.0 Å². The van der Waals surface area contributed by atoms with Gasteiger partial charge in [0.1, 0.15) is 0 Å². The maximum Gasteiger partial charge on any atom is 0.224 e. The number of rotatable bonds is 6. The average Bonchev–Trinajstić information content (AvgIpc) is 2.85. The van der Waals surface area contributed by atoms with Gasteiger partial charge < -0.3 is 5.32 Å². The number of aromatic nitrogens is 1. The van der Waals surface area contributed by atoms with Crippen molar-refractivity contribution < 1.29 is 13.2 Å². The van der Waals surface area contributed by atoms with Crippen molar-refractivity contribution in [2.45, 2.75) is 38.1 Å². The number of amides is 1. The monoisotopic (exact) mass is 352 g/mol. The number of aryl methyl sites for hydroxylation is 2. The predicted octanol–water partition coefficient (Wildman–Crippen LogP) is 2.28. The van der Waals surface area contributed by atoms with Crippen molar-refractivity contribution in [3.8, 4) is 0 Å². The first-order valence-electron chi connectivity index (χ1n) is 7.30. The molecule has 124 valence electrons.